The van der Waals surface area contributed by atoms with Gasteiger partial charge in [-0.1, -0.05) is 18.2 Å². The lowest BCUT2D eigenvalue weighted by atomic mass is 10.1. The molecule has 1 aromatic carbocycles. The maximum absolute atomic E-state index is 9.11. The molecule has 76 valence electrons. The average Bonchev–Trinajstić information content (AvgIpc) is 2.98. The van der Waals surface area contributed by atoms with Crippen LogP contribution < -0.4 is 11.1 Å². The Balaban J connectivity index is 1.95. The van der Waals surface area contributed by atoms with Crippen LogP contribution in [-0.4, -0.2) is 17.3 Å². The number of nitrogen functional groups attached to an aromatic ring is 1. The highest BCUT2D eigenvalue weighted by atomic mass is 16.3. The Kier molecular flexibility index (Phi) is 2.44. The van der Waals surface area contributed by atoms with Gasteiger partial charge in [-0.15, -0.1) is 0 Å². The van der Waals surface area contributed by atoms with Crippen LogP contribution in [0.15, 0.2) is 24.3 Å². The molecule has 0 aliphatic heterocycles. The van der Waals surface area contributed by atoms with Crippen molar-refractivity contribution in [2.75, 3.05) is 12.3 Å². The second kappa shape index (κ2) is 3.59. The molecule has 0 amide bonds. The van der Waals surface area contributed by atoms with E-state index in [1.807, 2.05) is 24.3 Å². The predicted molar refractivity (Wildman–Crippen MR) is 56.7 cm³/mol. The van der Waals surface area contributed by atoms with Gasteiger partial charge in [-0.3, -0.25) is 0 Å². The van der Waals surface area contributed by atoms with Gasteiger partial charge < -0.3 is 16.2 Å². The van der Waals surface area contributed by atoms with Gasteiger partial charge in [-0.05, 0) is 24.5 Å². The molecular weight excluding hydrogens is 176 g/mol. The minimum absolute atomic E-state index is 0.0116. The van der Waals surface area contributed by atoms with Crippen LogP contribution in [0.4, 0.5) is 5.69 Å². The molecule has 4 N–H and O–H groups in total. The van der Waals surface area contributed by atoms with Crippen molar-refractivity contribution in [1.29, 1.82) is 0 Å². The normalized spacial score (nSPS) is 18.1. The highest BCUT2D eigenvalue weighted by Crippen LogP contribution is 2.34. The SMILES string of the molecule is Nc1ccccc1CNC1(CO)CC1. The molecular formula is C11H16N2O. The van der Waals surface area contributed by atoms with E-state index in [4.69, 9.17) is 10.8 Å². The standard InChI is InChI=1S/C11H16N2O/c12-10-4-2-1-3-9(10)7-13-11(8-14)5-6-11/h1-4,13-14H,5-8,12H2. The van der Waals surface area contributed by atoms with Gasteiger partial charge >= 0.3 is 0 Å². The highest BCUT2D eigenvalue weighted by Gasteiger charge is 2.41. The van der Waals surface area contributed by atoms with E-state index in [1.165, 1.54) is 0 Å². The van der Waals surface area contributed by atoms with Gasteiger partial charge in [0, 0.05) is 17.8 Å². The molecule has 0 unspecified atom stereocenters. The third-order valence-electron chi connectivity index (χ3n) is 2.87. The fourth-order valence-electron chi connectivity index (χ4n) is 1.52. The number of aliphatic hydroxyl groups excluding tert-OH is 1. The molecule has 3 heteroatoms. The van der Waals surface area contributed by atoms with E-state index < -0.39 is 0 Å². The van der Waals surface area contributed by atoms with E-state index in [-0.39, 0.29) is 12.1 Å². The van der Waals surface area contributed by atoms with Gasteiger partial charge in [0.05, 0.1) is 6.61 Å². The molecule has 1 aliphatic rings. The molecule has 0 heterocycles. The number of para-hydroxylation sites is 1. The Hall–Kier alpha value is -1.06. The fourth-order valence-corrected chi connectivity index (χ4v) is 1.52. The monoisotopic (exact) mass is 192 g/mol. The summed E-state index contributed by atoms with van der Waals surface area (Å²) in [4.78, 5) is 0. The molecule has 1 aromatic rings. The first kappa shape index (κ1) is 9.49. The van der Waals surface area contributed by atoms with Crippen LogP contribution in [-0.2, 0) is 6.54 Å². The van der Waals surface area contributed by atoms with Crippen molar-refractivity contribution in [3.05, 3.63) is 29.8 Å². The number of rotatable bonds is 4. The molecule has 0 bridgehead atoms. The lowest BCUT2D eigenvalue weighted by Gasteiger charge is -2.14. The van der Waals surface area contributed by atoms with Crippen LogP contribution in [0.5, 0.6) is 0 Å². The summed E-state index contributed by atoms with van der Waals surface area (Å²) < 4.78 is 0. The molecule has 0 aromatic heterocycles. The molecule has 0 saturated heterocycles. The zero-order valence-electron chi connectivity index (χ0n) is 8.16. The topological polar surface area (TPSA) is 58.3 Å². The third-order valence-corrected chi connectivity index (χ3v) is 2.87. The van der Waals surface area contributed by atoms with Gasteiger partial charge in [-0.2, -0.15) is 0 Å². The maximum atomic E-state index is 9.11. The summed E-state index contributed by atoms with van der Waals surface area (Å²) in [6.07, 6.45) is 2.13. The highest BCUT2D eigenvalue weighted by molar-refractivity contribution is 5.46. The number of hydrogen-bond acceptors (Lipinski definition) is 3. The Morgan fingerprint density at radius 3 is 2.64 bits per heavy atom. The van der Waals surface area contributed by atoms with Crippen molar-refractivity contribution < 1.29 is 5.11 Å². The van der Waals surface area contributed by atoms with E-state index >= 15 is 0 Å². The predicted octanol–water partition coefficient (Wildman–Crippen LogP) is 0.883. The van der Waals surface area contributed by atoms with Gasteiger partial charge in [0.2, 0.25) is 0 Å². The molecule has 1 aliphatic carbocycles. The Morgan fingerprint density at radius 2 is 2.07 bits per heavy atom. The number of nitrogens with one attached hydrogen (secondary N) is 1. The fraction of sp³-hybridized carbons (Fsp3) is 0.455. The second-order valence-electron chi connectivity index (χ2n) is 3.99. The molecule has 1 fully saturated rings. The minimum atomic E-state index is -0.0116. The molecule has 0 spiro atoms. The quantitative estimate of drug-likeness (QED) is 0.621. The second-order valence-corrected chi connectivity index (χ2v) is 3.99. The average molecular weight is 192 g/mol. The molecule has 1 saturated carbocycles. The van der Waals surface area contributed by atoms with Gasteiger partial charge in [0.25, 0.3) is 0 Å². The summed E-state index contributed by atoms with van der Waals surface area (Å²) in [6.45, 7) is 0.965. The zero-order chi connectivity index (χ0) is 10.0. The van der Waals surface area contributed by atoms with Crippen molar-refractivity contribution in [3.63, 3.8) is 0 Å². The summed E-state index contributed by atoms with van der Waals surface area (Å²) in [5.41, 5.74) is 7.72. The smallest absolute Gasteiger partial charge is 0.0613 e. The van der Waals surface area contributed by atoms with Gasteiger partial charge in [0.15, 0.2) is 0 Å². The Morgan fingerprint density at radius 1 is 1.36 bits per heavy atom. The van der Waals surface area contributed by atoms with Crippen molar-refractivity contribution in [1.82, 2.24) is 5.32 Å². The number of anilines is 1. The van der Waals surface area contributed by atoms with Crippen LogP contribution in [0.1, 0.15) is 18.4 Å². The number of aliphatic hydroxyl groups is 1. The summed E-state index contributed by atoms with van der Waals surface area (Å²) >= 11 is 0. The van der Waals surface area contributed by atoms with E-state index in [9.17, 15) is 0 Å². The van der Waals surface area contributed by atoms with E-state index in [0.717, 1.165) is 30.6 Å². The zero-order valence-corrected chi connectivity index (χ0v) is 8.16. The summed E-state index contributed by atoms with van der Waals surface area (Å²) in [7, 11) is 0. The van der Waals surface area contributed by atoms with Crippen LogP contribution >= 0.6 is 0 Å². The summed E-state index contributed by atoms with van der Waals surface area (Å²) in [6, 6.07) is 7.81. The van der Waals surface area contributed by atoms with Crippen molar-refractivity contribution in [2.24, 2.45) is 0 Å². The lowest BCUT2D eigenvalue weighted by molar-refractivity contribution is 0.230. The lowest BCUT2D eigenvalue weighted by Crippen LogP contribution is -2.34. The molecule has 3 nitrogen and oxygen atoms in total. The van der Waals surface area contributed by atoms with Crippen LogP contribution in [0.3, 0.4) is 0 Å². The van der Waals surface area contributed by atoms with Gasteiger partial charge in [-0.25, -0.2) is 0 Å². The third kappa shape index (κ3) is 1.89. The molecule has 2 rings (SSSR count). The molecule has 0 atom stereocenters. The Labute approximate surface area is 83.9 Å². The molecule has 0 radical (unpaired) electrons. The van der Waals surface area contributed by atoms with Crippen LogP contribution in [0, 0.1) is 0 Å². The van der Waals surface area contributed by atoms with E-state index in [1.54, 1.807) is 0 Å². The van der Waals surface area contributed by atoms with E-state index in [2.05, 4.69) is 5.32 Å². The van der Waals surface area contributed by atoms with E-state index in [0.29, 0.717) is 0 Å². The number of benzene rings is 1. The summed E-state index contributed by atoms with van der Waals surface area (Å²) in [5, 5.41) is 12.5. The van der Waals surface area contributed by atoms with Crippen molar-refractivity contribution in [3.8, 4) is 0 Å². The van der Waals surface area contributed by atoms with Crippen molar-refractivity contribution in [2.45, 2.75) is 24.9 Å². The molecule has 14 heavy (non-hydrogen) atoms. The first-order valence-electron chi connectivity index (χ1n) is 4.95. The maximum Gasteiger partial charge on any atom is 0.0613 e. The van der Waals surface area contributed by atoms with Crippen LogP contribution in [0.25, 0.3) is 0 Å². The summed E-state index contributed by atoms with van der Waals surface area (Å²) in [5.74, 6) is 0. The van der Waals surface area contributed by atoms with Crippen molar-refractivity contribution >= 4 is 5.69 Å². The van der Waals surface area contributed by atoms with Crippen LogP contribution in [0.2, 0.25) is 0 Å². The Bertz CT molecular complexity index is 321. The minimum Gasteiger partial charge on any atom is -0.398 e. The largest absolute Gasteiger partial charge is 0.398 e. The first-order chi connectivity index (χ1) is 6.76. The number of nitrogens with two attached hydrogens (primary N) is 1. The number of hydrogen-bond donors (Lipinski definition) is 3. The van der Waals surface area contributed by atoms with Gasteiger partial charge in [0.1, 0.15) is 0 Å². The first-order valence-corrected chi connectivity index (χ1v) is 4.95.